The molecule has 0 aliphatic heterocycles. The minimum Gasteiger partial charge on any atom is -0.350 e. The first kappa shape index (κ1) is 20.5. The molecule has 1 heterocycles. The minimum atomic E-state index is -0.733. The van der Waals surface area contributed by atoms with Gasteiger partial charge < -0.3 is 5.32 Å². The second-order valence-electron chi connectivity index (χ2n) is 8.19. The van der Waals surface area contributed by atoms with Crippen LogP contribution in [0.3, 0.4) is 0 Å². The summed E-state index contributed by atoms with van der Waals surface area (Å²) in [7, 11) is 0. The fraction of sp³-hybridized carbons (Fsp3) is 0.240. The van der Waals surface area contributed by atoms with Gasteiger partial charge in [0.15, 0.2) is 5.82 Å². The molecule has 1 N–H and O–H groups in total. The summed E-state index contributed by atoms with van der Waals surface area (Å²) in [5.41, 5.74) is 1.58. The van der Waals surface area contributed by atoms with Crippen LogP contribution < -0.4 is 11.0 Å². The Morgan fingerprint density at radius 3 is 2.56 bits per heavy atom. The Morgan fingerprint density at radius 1 is 1.09 bits per heavy atom. The van der Waals surface area contributed by atoms with E-state index < -0.39 is 6.04 Å². The summed E-state index contributed by atoms with van der Waals surface area (Å²) in [6, 6.07) is 20.7. The molecule has 1 aromatic heterocycles. The lowest BCUT2D eigenvalue weighted by atomic mass is 10.0. The number of halogens is 1. The second-order valence-corrected chi connectivity index (χ2v) is 8.63. The zero-order chi connectivity index (χ0) is 22.2. The van der Waals surface area contributed by atoms with E-state index in [9.17, 15) is 9.59 Å². The number of carbonyl (C=O) groups excluding carboxylic acids is 1. The largest absolute Gasteiger partial charge is 0.350 e. The van der Waals surface area contributed by atoms with Gasteiger partial charge in [0, 0.05) is 23.2 Å². The maximum absolute atomic E-state index is 13.2. The van der Waals surface area contributed by atoms with Crippen molar-refractivity contribution in [2.75, 3.05) is 0 Å². The molecule has 1 atom stereocenters. The molecule has 4 aromatic rings. The van der Waals surface area contributed by atoms with E-state index in [0.717, 1.165) is 34.7 Å². The summed E-state index contributed by atoms with van der Waals surface area (Å²) in [5, 5.41) is 10.4. The predicted octanol–water partition coefficient (Wildman–Crippen LogP) is 4.73. The molecule has 32 heavy (non-hydrogen) atoms. The van der Waals surface area contributed by atoms with Crippen molar-refractivity contribution in [1.29, 1.82) is 0 Å². The van der Waals surface area contributed by atoms with Gasteiger partial charge in [-0.25, -0.2) is 9.48 Å². The van der Waals surface area contributed by atoms with E-state index in [0.29, 0.717) is 17.4 Å². The Bertz CT molecular complexity index is 1350. The molecule has 0 spiro atoms. The highest BCUT2D eigenvalue weighted by atomic mass is 35.5. The number of fused-ring (bicyclic) bond motifs is 1. The summed E-state index contributed by atoms with van der Waals surface area (Å²) in [6.45, 7) is 2.09. The normalized spacial score (nSPS) is 14.4. The van der Waals surface area contributed by atoms with Gasteiger partial charge in [-0.15, -0.1) is 5.10 Å². The molecule has 5 rings (SSSR count). The van der Waals surface area contributed by atoms with Crippen molar-refractivity contribution in [3.63, 3.8) is 0 Å². The fourth-order valence-corrected chi connectivity index (χ4v) is 4.12. The highest BCUT2D eigenvalue weighted by Gasteiger charge is 2.32. The molecule has 6 nitrogen and oxygen atoms in total. The van der Waals surface area contributed by atoms with Crippen LogP contribution in [-0.2, 0) is 11.3 Å². The van der Waals surface area contributed by atoms with Crippen LogP contribution in [0.15, 0.2) is 71.5 Å². The van der Waals surface area contributed by atoms with Crippen LogP contribution in [0.25, 0.3) is 22.2 Å². The Labute approximate surface area is 190 Å². The zero-order valence-electron chi connectivity index (χ0n) is 17.7. The quantitative estimate of drug-likeness (QED) is 0.465. The van der Waals surface area contributed by atoms with Gasteiger partial charge in [-0.2, -0.15) is 0 Å². The highest BCUT2D eigenvalue weighted by Crippen LogP contribution is 2.36. The number of hydrogen-bond donors (Lipinski definition) is 1. The first-order valence-corrected chi connectivity index (χ1v) is 11.1. The van der Waals surface area contributed by atoms with Crippen LogP contribution in [0, 0.1) is 0 Å². The van der Waals surface area contributed by atoms with Crippen LogP contribution in [0.2, 0.25) is 5.02 Å². The van der Waals surface area contributed by atoms with Gasteiger partial charge in [-0.05, 0) is 60.4 Å². The molecule has 0 bridgehead atoms. The summed E-state index contributed by atoms with van der Waals surface area (Å²) in [5.74, 6) is 0.325. The molecule has 0 radical (unpaired) electrons. The number of carbonyl (C=O) groups is 1. The SMILES string of the molecule is CC(C(=O)NCc1cccc2ccccc12)n1nc(-c2ccc(Cl)cc2)n(C2CC2)c1=O. The third kappa shape index (κ3) is 3.82. The van der Waals surface area contributed by atoms with E-state index in [1.807, 2.05) is 54.6 Å². The molecule has 1 saturated carbocycles. The van der Waals surface area contributed by atoms with Crippen molar-refractivity contribution in [1.82, 2.24) is 19.7 Å². The van der Waals surface area contributed by atoms with Crippen LogP contribution in [0.5, 0.6) is 0 Å². The van der Waals surface area contributed by atoms with Crippen LogP contribution in [0.1, 0.15) is 37.4 Å². The van der Waals surface area contributed by atoms with E-state index >= 15 is 0 Å². The first-order chi connectivity index (χ1) is 15.5. The summed E-state index contributed by atoms with van der Waals surface area (Å²) >= 11 is 6.02. The maximum Gasteiger partial charge on any atom is 0.347 e. The van der Waals surface area contributed by atoms with E-state index in [1.54, 1.807) is 23.6 Å². The van der Waals surface area contributed by atoms with Gasteiger partial charge in [0.25, 0.3) is 0 Å². The van der Waals surface area contributed by atoms with E-state index in [2.05, 4.69) is 10.4 Å². The molecule has 1 amide bonds. The number of nitrogens with zero attached hydrogens (tertiary/aromatic N) is 3. The van der Waals surface area contributed by atoms with Gasteiger partial charge >= 0.3 is 5.69 Å². The lowest BCUT2D eigenvalue weighted by Crippen LogP contribution is -2.36. The lowest BCUT2D eigenvalue weighted by Gasteiger charge is -2.13. The molecule has 7 heteroatoms. The van der Waals surface area contributed by atoms with E-state index in [-0.39, 0.29) is 17.6 Å². The van der Waals surface area contributed by atoms with Crippen molar-refractivity contribution in [3.05, 3.63) is 87.8 Å². The van der Waals surface area contributed by atoms with Crippen LogP contribution >= 0.6 is 11.6 Å². The summed E-state index contributed by atoms with van der Waals surface area (Å²) in [4.78, 5) is 26.1. The van der Waals surface area contributed by atoms with Gasteiger partial charge in [0.1, 0.15) is 6.04 Å². The van der Waals surface area contributed by atoms with Gasteiger partial charge in [-0.1, -0.05) is 54.1 Å². The highest BCUT2D eigenvalue weighted by molar-refractivity contribution is 6.30. The summed E-state index contributed by atoms with van der Waals surface area (Å²) in [6.07, 6.45) is 1.88. The fourth-order valence-electron chi connectivity index (χ4n) is 3.99. The number of benzene rings is 3. The topological polar surface area (TPSA) is 68.9 Å². The average Bonchev–Trinajstić information content (AvgIpc) is 3.59. The standard InChI is InChI=1S/C25H23ClN4O2/c1-16(24(31)27-15-19-7-4-6-17-5-2-3-8-22(17)19)30-25(32)29(21-13-14-21)23(28-30)18-9-11-20(26)12-10-18/h2-12,16,21H,13-15H2,1H3,(H,27,31). The van der Waals surface area contributed by atoms with Gasteiger partial charge in [0.2, 0.25) is 5.91 Å². The number of nitrogens with one attached hydrogen (secondary N) is 1. The molecule has 1 fully saturated rings. The van der Waals surface area contributed by atoms with Crippen LogP contribution in [0.4, 0.5) is 0 Å². The Morgan fingerprint density at radius 2 is 1.81 bits per heavy atom. The number of rotatable bonds is 6. The number of aromatic nitrogens is 3. The molecule has 1 aliphatic carbocycles. The Hall–Kier alpha value is -3.38. The van der Waals surface area contributed by atoms with E-state index in [4.69, 9.17) is 11.6 Å². The lowest BCUT2D eigenvalue weighted by molar-refractivity contribution is -0.124. The van der Waals surface area contributed by atoms with E-state index in [1.165, 1.54) is 4.68 Å². The summed E-state index contributed by atoms with van der Waals surface area (Å²) < 4.78 is 3.00. The number of amides is 1. The van der Waals surface area contributed by atoms with Crippen molar-refractivity contribution in [3.8, 4) is 11.4 Å². The maximum atomic E-state index is 13.2. The van der Waals surface area contributed by atoms with Crippen LogP contribution in [-0.4, -0.2) is 20.3 Å². The Balaban J connectivity index is 1.40. The van der Waals surface area contributed by atoms with Crippen molar-refractivity contribution >= 4 is 28.3 Å². The van der Waals surface area contributed by atoms with Crippen molar-refractivity contribution in [2.45, 2.75) is 38.4 Å². The van der Waals surface area contributed by atoms with Gasteiger partial charge in [0.05, 0.1) is 0 Å². The molecule has 1 unspecified atom stereocenters. The molecular formula is C25H23ClN4O2. The molecule has 3 aromatic carbocycles. The molecule has 1 aliphatic rings. The monoisotopic (exact) mass is 446 g/mol. The predicted molar refractivity (Wildman–Crippen MR) is 126 cm³/mol. The third-order valence-electron chi connectivity index (χ3n) is 5.93. The zero-order valence-corrected chi connectivity index (χ0v) is 18.4. The number of hydrogen-bond acceptors (Lipinski definition) is 3. The average molecular weight is 447 g/mol. The Kier molecular flexibility index (Phi) is 5.31. The molecule has 0 saturated heterocycles. The second kappa shape index (κ2) is 8.28. The molecular weight excluding hydrogens is 424 g/mol. The van der Waals surface area contributed by atoms with Crippen molar-refractivity contribution in [2.24, 2.45) is 0 Å². The third-order valence-corrected chi connectivity index (χ3v) is 6.18. The first-order valence-electron chi connectivity index (χ1n) is 10.7. The smallest absolute Gasteiger partial charge is 0.347 e. The van der Waals surface area contributed by atoms with Gasteiger partial charge in [-0.3, -0.25) is 9.36 Å². The minimum absolute atomic E-state index is 0.132. The molecule has 162 valence electrons. The van der Waals surface area contributed by atoms with Crippen molar-refractivity contribution < 1.29 is 4.79 Å².